The van der Waals surface area contributed by atoms with Gasteiger partial charge in [-0.2, -0.15) is 0 Å². The molecule has 0 radical (unpaired) electrons. The molecule has 156 valence electrons. The van der Waals surface area contributed by atoms with E-state index in [2.05, 4.69) is 16.8 Å². The second kappa shape index (κ2) is 7.31. The SMILES string of the molecule is CC(C)(C(=O)N1C[C@@H]2C[C@H]1c1cncc(C#Cc3ccc(F)cc3F)c1O2)C(F)F. The molecule has 1 fully saturated rings. The minimum Gasteiger partial charge on any atom is -0.487 e. The summed E-state index contributed by atoms with van der Waals surface area (Å²) < 4.78 is 59.6. The Kier molecular flexibility index (Phi) is 4.92. The normalized spacial score (nSPS) is 19.8. The maximum Gasteiger partial charge on any atom is 0.252 e. The zero-order valence-electron chi connectivity index (χ0n) is 16.3. The van der Waals surface area contributed by atoms with Gasteiger partial charge < -0.3 is 9.64 Å². The van der Waals surface area contributed by atoms with Crippen LogP contribution < -0.4 is 4.74 Å². The van der Waals surface area contributed by atoms with Crippen LogP contribution in [0.15, 0.2) is 30.6 Å². The molecule has 30 heavy (non-hydrogen) atoms. The Morgan fingerprint density at radius 3 is 2.67 bits per heavy atom. The van der Waals surface area contributed by atoms with Gasteiger partial charge in [-0.05, 0) is 26.0 Å². The number of hydrogen-bond donors (Lipinski definition) is 0. The first-order valence-electron chi connectivity index (χ1n) is 9.39. The van der Waals surface area contributed by atoms with Gasteiger partial charge in [0.05, 0.1) is 23.7 Å². The van der Waals surface area contributed by atoms with E-state index in [1.807, 2.05) is 0 Å². The molecule has 1 aromatic carbocycles. The molecule has 0 aliphatic carbocycles. The lowest BCUT2D eigenvalue weighted by Gasteiger charge is -2.32. The van der Waals surface area contributed by atoms with Gasteiger partial charge in [-0.25, -0.2) is 17.6 Å². The average Bonchev–Trinajstić information content (AvgIpc) is 3.04. The lowest BCUT2D eigenvalue weighted by Crippen LogP contribution is -2.44. The van der Waals surface area contributed by atoms with Gasteiger partial charge in [0, 0.05) is 30.4 Å². The highest BCUT2D eigenvalue weighted by Gasteiger charge is 2.49. The van der Waals surface area contributed by atoms with E-state index in [4.69, 9.17) is 4.74 Å². The first-order chi connectivity index (χ1) is 14.2. The number of carbonyl (C=O) groups is 1. The van der Waals surface area contributed by atoms with E-state index in [1.54, 1.807) is 0 Å². The molecule has 2 aromatic rings. The van der Waals surface area contributed by atoms with Gasteiger partial charge >= 0.3 is 0 Å². The minimum atomic E-state index is -2.80. The molecule has 2 aliphatic heterocycles. The van der Waals surface area contributed by atoms with Crippen LogP contribution in [0.25, 0.3) is 0 Å². The third-order valence-corrected chi connectivity index (χ3v) is 5.45. The fraction of sp³-hybridized carbons (Fsp3) is 0.364. The Balaban J connectivity index is 1.68. The highest BCUT2D eigenvalue weighted by Crippen LogP contribution is 2.46. The van der Waals surface area contributed by atoms with E-state index in [9.17, 15) is 22.4 Å². The number of fused-ring (bicyclic) bond motifs is 4. The van der Waals surface area contributed by atoms with Crippen molar-refractivity contribution < 1.29 is 27.1 Å². The van der Waals surface area contributed by atoms with E-state index in [0.717, 1.165) is 12.1 Å². The van der Waals surface area contributed by atoms with E-state index in [-0.39, 0.29) is 18.2 Å². The molecule has 2 aliphatic rings. The van der Waals surface area contributed by atoms with Gasteiger partial charge in [-0.1, -0.05) is 11.8 Å². The van der Waals surface area contributed by atoms with Crippen LogP contribution in [0.3, 0.4) is 0 Å². The van der Waals surface area contributed by atoms with Crippen LogP contribution in [-0.4, -0.2) is 34.9 Å². The number of rotatable bonds is 2. The maximum absolute atomic E-state index is 13.8. The molecule has 8 heteroatoms. The molecule has 0 unspecified atom stereocenters. The molecule has 1 saturated heterocycles. The summed E-state index contributed by atoms with van der Waals surface area (Å²) in [6.07, 6.45) is 0.300. The zero-order valence-corrected chi connectivity index (χ0v) is 16.3. The first kappa shape index (κ1) is 20.2. The van der Waals surface area contributed by atoms with Gasteiger partial charge in [0.25, 0.3) is 6.43 Å². The van der Waals surface area contributed by atoms with Crippen molar-refractivity contribution >= 4 is 5.91 Å². The molecule has 1 aromatic heterocycles. The van der Waals surface area contributed by atoms with Crippen LogP contribution in [0, 0.1) is 28.9 Å². The molecule has 0 N–H and O–H groups in total. The fourth-order valence-electron chi connectivity index (χ4n) is 3.68. The van der Waals surface area contributed by atoms with Crippen molar-refractivity contribution in [2.24, 2.45) is 5.41 Å². The number of amides is 1. The van der Waals surface area contributed by atoms with Crippen molar-refractivity contribution in [2.45, 2.75) is 38.8 Å². The Morgan fingerprint density at radius 2 is 1.97 bits per heavy atom. The number of alkyl halides is 2. The van der Waals surface area contributed by atoms with Gasteiger partial charge in [-0.15, -0.1) is 0 Å². The fourth-order valence-corrected chi connectivity index (χ4v) is 3.68. The molecule has 2 bridgehead atoms. The number of halogens is 4. The molecule has 0 spiro atoms. The molecule has 0 saturated carbocycles. The third kappa shape index (κ3) is 3.38. The highest BCUT2D eigenvalue weighted by molar-refractivity contribution is 5.83. The lowest BCUT2D eigenvalue weighted by atomic mass is 9.91. The van der Waals surface area contributed by atoms with Crippen molar-refractivity contribution in [3.63, 3.8) is 0 Å². The summed E-state index contributed by atoms with van der Waals surface area (Å²) in [5.74, 6) is 3.70. The van der Waals surface area contributed by atoms with Crippen molar-refractivity contribution in [2.75, 3.05) is 6.54 Å². The zero-order chi connectivity index (χ0) is 21.6. The number of pyridine rings is 1. The van der Waals surface area contributed by atoms with Crippen molar-refractivity contribution in [3.05, 3.63) is 58.9 Å². The van der Waals surface area contributed by atoms with Gasteiger partial charge in [0.15, 0.2) is 0 Å². The smallest absolute Gasteiger partial charge is 0.252 e. The predicted octanol–water partition coefficient (Wildman–Crippen LogP) is 4.09. The van der Waals surface area contributed by atoms with Crippen LogP contribution in [0.1, 0.15) is 43.0 Å². The number of aromatic nitrogens is 1. The van der Waals surface area contributed by atoms with E-state index >= 15 is 0 Å². The van der Waals surface area contributed by atoms with Gasteiger partial charge in [-0.3, -0.25) is 9.78 Å². The van der Waals surface area contributed by atoms with Crippen molar-refractivity contribution in [3.8, 4) is 17.6 Å². The quantitative estimate of drug-likeness (QED) is 0.545. The Labute approximate surface area is 170 Å². The number of carbonyl (C=O) groups excluding carboxylic acids is 1. The summed E-state index contributed by atoms with van der Waals surface area (Å²) in [5.41, 5.74) is -0.840. The van der Waals surface area contributed by atoms with Crippen LogP contribution in [-0.2, 0) is 4.79 Å². The van der Waals surface area contributed by atoms with Crippen LogP contribution >= 0.6 is 0 Å². The molecule has 2 atom stereocenters. The average molecular weight is 418 g/mol. The largest absolute Gasteiger partial charge is 0.487 e. The lowest BCUT2D eigenvalue weighted by molar-refractivity contribution is -0.149. The molecule has 1 amide bonds. The monoisotopic (exact) mass is 418 g/mol. The number of ether oxygens (including phenoxy) is 1. The summed E-state index contributed by atoms with van der Waals surface area (Å²) >= 11 is 0. The maximum atomic E-state index is 13.8. The number of hydrogen-bond acceptors (Lipinski definition) is 3. The van der Waals surface area contributed by atoms with Crippen molar-refractivity contribution in [1.82, 2.24) is 9.88 Å². The molecule has 4 rings (SSSR count). The first-order valence-corrected chi connectivity index (χ1v) is 9.39. The van der Waals surface area contributed by atoms with Gasteiger partial charge in [0.1, 0.15) is 28.9 Å². The molecular weight excluding hydrogens is 400 g/mol. The predicted molar refractivity (Wildman–Crippen MR) is 99.8 cm³/mol. The van der Waals surface area contributed by atoms with Gasteiger partial charge in [0.2, 0.25) is 5.91 Å². The van der Waals surface area contributed by atoms with Crippen LogP contribution in [0.5, 0.6) is 5.75 Å². The highest BCUT2D eigenvalue weighted by atomic mass is 19.3. The standard InChI is InChI=1S/C22H18F4N2O2/c1-22(2,20(25)26)21(29)28-11-15-8-18(28)16-10-27-9-13(19(16)30-15)4-3-12-5-6-14(23)7-17(12)24/h5-7,9-10,15,18,20H,8,11H2,1-2H3/t15-,18-/m0/s1. The second-order valence-electron chi connectivity index (χ2n) is 7.95. The minimum absolute atomic E-state index is 0.0169. The third-order valence-electron chi connectivity index (χ3n) is 5.45. The Bertz CT molecular complexity index is 1070. The van der Waals surface area contributed by atoms with Crippen LogP contribution in [0.4, 0.5) is 17.6 Å². The van der Waals surface area contributed by atoms with Crippen molar-refractivity contribution in [1.29, 1.82) is 0 Å². The Morgan fingerprint density at radius 1 is 1.23 bits per heavy atom. The summed E-state index contributed by atoms with van der Waals surface area (Å²) in [4.78, 5) is 18.3. The van der Waals surface area contributed by atoms with E-state index < -0.39 is 35.4 Å². The summed E-state index contributed by atoms with van der Waals surface area (Å²) in [7, 11) is 0. The number of nitrogens with zero attached hydrogens (tertiary/aromatic N) is 2. The number of likely N-dealkylation sites (tertiary alicyclic amines) is 1. The second-order valence-corrected chi connectivity index (χ2v) is 7.95. The topological polar surface area (TPSA) is 42.4 Å². The Hall–Kier alpha value is -3.08. The van der Waals surface area contributed by atoms with Crippen LogP contribution in [0.2, 0.25) is 0 Å². The number of benzene rings is 1. The molecular formula is C22H18F4N2O2. The van der Waals surface area contributed by atoms with E-state index in [1.165, 1.54) is 37.2 Å². The summed E-state index contributed by atoms with van der Waals surface area (Å²) in [5, 5.41) is 0. The molecule has 4 nitrogen and oxygen atoms in total. The summed E-state index contributed by atoms with van der Waals surface area (Å²) in [6.45, 7) is 2.64. The van der Waals surface area contributed by atoms with E-state index in [0.29, 0.717) is 23.3 Å². The summed E-state index contributed by atoms with van der Waals surface area (Å²) in [6, 6.07) is 2.64. The molecule has 3 heterocycles.